The topological polar surface area (TPSA) is 79.6 Å². The molecule has 0 atom stereocenters. The van der Waals surface area contributed by atoms with E-state index in [1.165, 1.54) is 4.90 Å². The summed E-state index contributed by atoms with van der Waals surface area (Å²) in [7, 11) is 0. The highest BCUT2D eigenvalue weighted by Crippen LogP contribution is 2.34. The second-order valence-corrected chi connectivity index (χ2v) is 8.58. The van der Waals surface area contributed by atoms with Crippen LogP contribution >= 0.6 is 11.8 Å². The Hall–Kier alpha value is -3.58. The first kappa shape index (κ1) is 21.6. The zero-order valence-electron chi connectivity index (χ0n) is 17.7. The summed E-state index contributed by atoms with van der Waals surface area (Å²) in [6.45, 7) is 4.23. The average molecular weight is 447 g/mol. The number of aromatic nitrogens is 1. The van der Waals surface area contributed by atoms with E-state index in [9.17, 15) is 14.4 Å². The normalized spacial score (nSPS) is 15.1. The number of thioether (sulfide) groups is 1. The van der Waals surface area contributed by atoms with Gasteiger partial charge in [-0.3, -0.25) is 14.5 Å². The molecule has 1 aliphatic rings. The van der Waals surface area contributed by atoms with Crippen molar-refractivity contribution in [2.75, 3.05) is 6.54 Å². The molecule has 0 spiro atoms. The number of nitrogens with zero attached hydrogens (tertiary/aromatic N) is 2. The fourth-order valence-corrected chi connectivity index (χ4v) is 4.66. The number of carboxylic acids is 1. The molecule has 1 aliphatic heterocycles. The first-order valence-electron chi connectivity index (χ1n) is 10.2. The van der Waals surface area contributed by atoms with E-state index in [4.69, 9.17) is 5.11 Å². The number of rotatable bonds is 6. The van der Waals surface area contributed by atoms with E-state index in [0.29, 0.717) is 17.9 Å². The third kappa shape index (κ3) is 4.24. The van der Waals surface area contributed by atoms with Crippen molar-refractivity contribution < 1.29 is 19.5 Å². The molecule has 0 aliphatic carbocycles. The monoisotopic (exact) mass is 446 g/mol. The van der Waals surface area contributed by atoms with E-state index in [1.807, 2.05) is 54.8 Å². The third-order valence-corrected chi connectivity index (χ3v) is 6.38. The first-order chi connectivity index (χ1) is 15.3. The Morgan fingerprint density at radius 2 is 1.72 bits per heavy atom. The van der Waals surface area contributed by atoms with Crippen molar-refractivity contribution in [3.8, 4) is 5.69 Å². The Bertz CT molecular complexity index is 1230. The molecule has 32 heavy (non-hydrogen) atoms. The van der Waals surface area contributed by atoms with Gasteiger partial charge in [-0.2, -0.15) is 0 Å². The van der Waals surface area contributed by atoms with E-state index in [-0.39, 0.29) is 16.7 Å². The van der Waals surface area contributed by atoms with Gasteiger partial charge in [0.05, 0.1) is 10.5 Å². The number of hydrogen-bond acceptors (Lipinski definition) is 4. The summed E-state index contributed by atoms with van der Waals surface area (Å²) in [5.41, 5.74) is 4.83. The van der Waals surface area contributed by atoms with Crippen LogP contribution in [0.15, 0.2) is 65.6 Å². The van der Waals surface area contributed by atoms with Gasteiger partial charge in [-0.15, -0.1) is 0 Å². The van der Waals surface area contributed by atoms with Crippen molar-refractivity contribution in [2.24, 2.45) is 0 Å². The second-order valence-electron chi connectivity index (χ2n) is 7.58. The second kappa shape index (κ2) is 8.88. The summed E-state index contributed by atoms with van der Waals surface area (Å²) in [4.78, 5) is 38.1. The van der Waals surface area contributed by atoms with Gasteiger partial charge in [0.1, 0.15) is 0 Å². The molecule has 0 saturated carbocycles. The Kier molecular flexibility index (Phi) is 6.01. The summed E-state index contributed by atoms with van der Waals surface area (Å²) in [6.07, 6.45) is 2.38. The van der Waals surface area contributed by atoms with Crippen LogP contribution < -0.4 is 0 Å². The summed E-state index contributed by atoms with van der Waals surface area (Å²) in [5, 5.41) is 8.85. The highest BCUT2D eigenvalue weighted by molar-refractivity contribution is 8.18. The fourth-order valence-electron chi connectivity index (χ4n) is 3.80. The number of aryl methyl sites for hydroxylation is 1. The van der Waals surface area contributed by atoms with Gasteiger partial charge in [-0.25, -0.2) is 4.79 Å². The van der Waals surface area contributed by atoms with E-state index in [0.717, 1.165) is 40.0 Å². The highest BCUT2D eigenvalue weighted by Gasteiger charge is 2.34. The lowest BCUT2D eigenvalue weighted by Gasteiger charge is -2.12. The third-order valence-electron chi connectivity index (χ3n) is 5.47. The number of carbonyl (C=O) groups excluding carboxylic acids is 2. The van der Waals surface area contributed by atoms with Gasteiger partial charge < -0.3 is 9.67 Å². The molecule has 0 radical (unpaired) electrons. The van der Waals surface area contributed by atoms with Gasteiger partial charge in [0.2, 0.25) is 0 Å². The van der Waals surface area contributed by atoms with Crippen LogP contribution in [0.4, 0.5) is 4.79 Å². The number of carboxylic acid groups (broad SMARTS) is 1. The van der Waals surface area contributed by atoms with Gasteiger partial charge in [0.15, 0.2) is 0 Å². The largest absolute Gasteiger partial charge is 0.478 e. The average Bonchev–Trinajstić information content (AvgIpc) is 3.21. The maximum atomic E-state index is 12.9. The standard InChI is InChI=1S/C25H22N2O4S/c1-16-14-20(17(2)27(16)21-10-8-19(9-11-21)24(29)30)15-22-23(28)26(25(31)32-22)13-12-18-6-4-3-5-7-18/h3-11,14-15H,12-13H2,1-2H3,(H,29,30)/b22-15+. The Labute approximate surface area is 190 Å². The quantitative estimate of drug-likeness (QED) is 0.535. The summed E-state index contributed by atoms with van der Waals surface area (Å²) in [6, 6.07) is 18.4. The number of aromatic carboxylic acids is 1. The molecule has 3 aromatic rings. The van der Waals surface area contributed by atoms with Gasteiger partial charge in [-0.05, 0) is 79.6 Å². The number of benzene rings is 2. The molecule has 0 unspecified atom stereocenters. The first-order valence-corrected chi connectivity index (χ1v) is 11.0. The molecule has 0 bridgehead atoms. The number of hydrogen-bond donors (Lipinski definition) is 1. The highest BCUT2D eigenvalue weighted by atomic mass is 32.2. The number of amides is 2. The summed E-state index contributed by atoms with van der Waals surface area (Å²) < 4.78 is 2.00. The van der Waals surface area contributed by atoms with Crippen LogP contribution in [0.2, 0.25) is 0 Å². The van der Waals surface area contributed by atoms with Crippen molar-refractivity contribution in [3.63, 3.8) is 0 Å². The van der Waals surface area contributed by atoms with Crippen LogP contribution in [0.5, 0.6) is 0 Å². The van der Waals surface area contributed by atoms with E-state index in [1.54, 1.807) is 30.3 Å². The molecule has 162 valence electrons. The summed E-state index contributed by atoms with van der Waals surface area (Å²) >= 11 is 0.961. The Morgan fingerprint density at radius 1 is 1.03 bits per heavy atom. The van der Waals surface area contributed by atoms with Crippen LogP contribution in [0.1, 0.15) is 32.9 Å². The zero-order chi connectivity index (χ0) is 22.8. The van der Waals surface area contributed by atoms with Crippen molar-refractivity contribution >= 4 is 35.0 Å². The zero-order valence-corrected chi connectivity index (χ0v) is 18.6. The Morgan fingerprint density at radius 3 is 2.38 bits per heavy atom. The maximum Gasteiger partial charge on any atom is 0.335 e. The minimum absolute atomic E-state index is 0.223. The minimum Gasteiger partial charge on any atom is -0.478 e. The van der Waals surface area contributed by atoms with Gasteiger partial charge in [0.25, 0.3) is 11.1 Å². The fraction of sp³-hybridized carbons (Fsp3) is 0.160. The van der Waals surface area contributed by atoms with Crippen LogP contribution in [0, 0.1) is 13.8 Å². The molecular formula is C25H22N2O4S. The van der Waals surface area contributed by atoms with Crippen LogP contribution in [0.3, 0.4) is 0 Å². The van der Waals surface area contributed by atoms with Crippen LogP contribution in [-0.2, 0) is 11.2 Å². The van der Waals surface area contributed by atoms with E-state index >= 15 is 0 Å². The summed E-state index contributed by atoms with van der Waals surface area (Å²) in [5.74, 6) is -1.24. The van der Waals surface area contributed by atoms with Gasteiger partial charge >= 0.3 is 5.97 Å². The smallest absolute Gasteiger partial charge is 0.335 e. The SMILES string of the molecule is Cc1cc(/C=C2/SC(=O)N(CCc3ccccc3)C2=O)c(C)n1-c1ccc(C(=O)O)cc1. The molecule has 6 nitrogen and oxygen atoms in total. The molecule has 2 heterocycles. The lowest BCUT2D eigenvalue weighted by molar-refractivity contribution is -0.122. The van der Waals surface area contributed by atoms with Crippen molar-refractivity contribution in [3.05, 3.63) is 93.6 Å². The van der Waals surface area contributed by atoms with Crippen molar-refractivity contribution in [1.29, 1.82) is 0 Å². The minimum atomic E-state index is -0.971. The molecule has 1 saturated heterocycles. The number of carbonyl (C=O) groups is 3. The number of imide groups is 1. The van der Waals surface area contributed by atoms with E-state index in [2.05, 4.69) is 0 Å². The van der Waals surface area contributed by atoms with Crippen LogP contribution in [0.25, 0.3) is 11.8 Å². The molecule has 1 N–H and O–H groups in total. The molecule has 1 fully saturated rings. The molecule has 1 aromatic heterocycles. The van der Waals surface area contributed by atoms with Crippen molar-refractivity contribution in [2.45, 2.75) is 20.3 Å². The predicted octanol–water partition coefficient (Wildman–Crippen LogP) is 5.07. The Balaban J connectivity index is 1.56. The van der Waals surface area contributed by atoms with E-state index < -0.39 is 5.97 Å². The molecular weight excluding hydrogens is 424 g/mol. The molecule has 4 rings (SSSR count). The van der Waals surface area contributed by atoms with Crippen LogP contribution in [-0.4, -0.2) is 38.2 Å². The lowest BCUT2D eigenvalue weighted by Crippen LogP contribution is -2.30. The predicted molar refractivity (Wildman–Crippen MR) is 125 cm³/mol. The maximum absolute atomic E-state index is 12.9. The van der Waals surface area contributed by atoms with Gasteiger partial charge in [0, 0.05) is 23.6 Å². The molecule has 2 aromatic carbocycles. The molecule has 2 amide bonds. The van der Waals surface area contributed by atoms with Gasteiger partial charge in [-0.1, -0.05) is 30.3 Å². The van der Waals surface area contributed by atoms with Crippen molar-refractivity contribution in [1.82, 2.24) is 9.47 Å². The molecule has 7 heteroatoms. The lowest BCUT2D eigenvalue weighted by atomic mass is 10.1.